The highest BCUT2D eigenvalue weighted by Gasteiger charge is 2.49. The predicted octanol–water partition coefficient (Wildman–Crippen LogP) is 3.86. The molecule has 0 radical (unpaired) electrons. The number of rotatable bonds is 4. The first-order valence-corrected chi connectivity index (χ1v) is 10.6. The van der Waals surface area contributed by atoms with E-state index in [0.717, 1.165) is 25.9 Å². The molecule has 7 nitrogen and oxygen atoms in total. The highest BCUT2D eigenvalue weighted by Crippen LogP contribution is 2.32. The number of carbonyl (C=O) groups excluding carboxylic acids is 3. The lowest BCUT2D eigenvalue weighted by Crippen LogP contribution is -2.42. The Morgan fingerprint density at radius 1 is 1.06 bits per heavy atom. The van der Waals surface area contributed by atoms with Gasteiger partial charge in [-0.3, -0.25) is 14.5 Å². The van der Waals surface area contributed by atoms with Crippen LogP contribution in [0, 0.1) is 0 Å². The Balaban J connectivity index is 1.35. The largest absolute Gasteiger partial charge is 0.325 e. The summed E-state index contributed by atoms with van der Waals surface area (Å²) in [7, 11) is 0. The molecule has 1 aliphatic rings. The van der Waals surface area contributed by atoms with Crippen LogP contribution in [0.15, 0.2) is 66.7 Å². The molecule has 4 aromatic rings. The summed E-state index contributed by atoms with van der Waals surface area (Å²) in [5.74, 6) is -0.946. The summed E-state index contributed by atoms with van der Waals surface area (Å²) in [5.41, 5.74) is 0.271. The Morgan fingerprint density at radius 3 is 2.61 bits per heavy atom. The molecule has 5 rings (SSSR count). The van der Waals surface area contributed by atoms with Gasteiger partial charge in [0, 0.05) is 5.39 Å². The van der Waals surface area contributed by atoms with Crippen molar-refractivity contribution in [2.45, 2.75) is 12.5 Å². The average Bonchev–Trinajstić information content (AvgIpc) is 3.28. The maximum absolute atomic E-state index is 13.0. The predicted molar refractivity (Wildman–Crippen MR) is 120 cm³/mol. The van der Waals surface area contributed by atoms with Crippen molar-refractivity contribution in [3.8, 4) is 0 Å². The molecular weight excluding hydrogens is 412 g/mol. The van der Waals surface area contributed by atoms with E-state index in [1.54, 1.807) is 31.2 Å². The van der Waals surface area contributed by atoms with E-state index >= 15 is 0 Å². The summed E-state index contributed by atoms with van der Waals surface area (Å²) in [6, 6.07) is 20.3. The summed E-state index contributed by atoms with van der Waals surface area (Å²) in [5, 5.41) is 7.92. The van der Waals surface area contributed by atoms with Crippen molar-refractivity contribution < 1.29 is 14.4 Å². The number of imide groups is 1. The third kappa shape index (κ3) is 3.21. The fourth-order valence-electron chi connectivity index (χ4n) is 3.82. The SMILES string of the molecule is CC1(c2ccccc2)NC(=O)N(CC(=O)Nc2nc3c(ccc4ccccc43)s2)C1=O. The number of fused-ring (bicyclic) bond motifs is 3. The minimum absolute atomic E-state index is 0.385. The molecule has 2 heterocycles. The lowest BCUT2D eigenvalue weighted by atomic mass is 9.92. The van der Waals surface area contributed by atoms with Gasteiger partial charge >= 0.3 is 6.03 Å². The number of carbonyl (C=O) groups is 3. The molecule has 0 saturated carbocycles. The smallest absolute Gasteiger partial charge is 0.319 e. The van der Waals surface area contributed by atoms with Crippen LogP contribution >= 0.6 is 11.3 Å². The van der Waals surface area contributed by atoms with Crippen LogP contribution in [0.2, 0.25) is 0 Å². The fourth-order valence-corrected chi connectivity index (χ4v) is 4.72. The van der Waals surface area contributed by atoms with Gasteiger partial charge in [0.25, 0.3) is 5.91 Å². The highest BCUT2D eigenvalue weighted by atomic mass is 32.1. The Kier molecular flexibility index (Phi) is 4.44. The van der Waals surface area contributed by atoms with E-state index < -0.39 is 23.4 Å². The van der Waals surface area contributed by atoms with Gasteiger partial charge in [0.15, 0.2) is 5.13 Å². The van der Waals surface area contributed by atoms with Gasteiger partial charge in [-0.05, 0) is 23.9 Å². The van der Waals surface area contributed by atoms with Crippen molar-refractivity contribution in [1.82, 2.24) is 15.2 Å². The quantitative estimate of drug-likeness (QED) is 0.481. The summed E-state index contributed by atoms with van der Waals surface area (Å²) < 4.78 is 0.945. The number of amides is 4. The van der Waals surface area contributed by atoms with Gasteiger partial charge in [-0.25, -0.2) is 9.78 Å². The molecule has 0 bridgehead atoms. The van der Waals surface area contributed by atoms with Crippen molar-refractivity contribution >= 4 is 55.3 Å². The van der Waals surface area contributed by atoms with E-state index in [1.807, 2.05) is 42.5 Å². The van der Waals surface area contributed by atoms with Crippen LogP contribution in [-0.2, 0) is 15.1 Å². The Hall–Kier alpha value is -3.78. The van der Waals surface area contributed by atoms with Crippen molar-refractivity contribution in [3.05, 3.63) is 72.3 Å². The first-order chi connectivity index (χ1) is 15.0. The molecule has 1 saturated heterocycles. The Morgan fingerprint density at radius 2 is 1.81 bits per heavy atom. The minimum Gasteiger partial charge on any atom is -0.319 e. The molecule has 3 aromatic carbocycles. The summed E-state index contributed by atoms with van der Waals surface area (Å²) in [6.45, 7) is 1.25. The summed E-state index contributed by atoms with van der Waals surface area (Å²) in [4.78, 5) is 43.5. The van der Waals surface area contributed by atoms with E-state index in [2.05, 4.69) is 15.6 Å². The molecule has 2 N–H and O–H groups in total. The van der Waals surface area contributed by atoms with Gasteiger partial charge in [0.1, 0.15) is 12.1 Å². The fraction of sp³-hybridized carbons (Fsp3) is 0.130. The van der Waals surface area contributed by atoms with Gasteiger partial charge in [0.05, 0.1) is 10.2 Å². The van der Waals surface area contributed by atoms with Crippen molar-refractivity contribution in [2.24, 2.45) is 0 Å². The Labute approximate surface area is 181 Å². The van der Waals surface area contributed by atoms with Crippen LogP contribution in [-0.4, -0.2) is 34.3 Å². The van der Waals surface area contributed by atoms with Crippen molar-refractivity contribution in [1.29, 1.82) is 0 Å². The molecule has 1 fully saturated rings. The highest BCUT2D eigenvalue weighted by molar-refractivity contribution is 7.22. The lowest BCUT2D eigenvalue weighted by Gasteiger charge is -2.21. The van der Waals surface area contributed by atoms with Gasteiger partial charge in [-0.1, -0.05) is 72.0 Å². The molecule has 1 unspecified atom stereocenters. The minimum atomic E-state index is -1.20. The first-order valence-electron chi connectivity index (χ1n) is 9.73. The molecule has 8 heteroatoms. The summed E-state index contributed by atoms with van der Waals surface area (Å²) in [6.07, 6.45) is 0. The maximum atomic E-state index is 13.0. The van der Waals surface area contributed by atoms with Crippen LogP contribution in [0.1, 0.15) is 12.5 Å². The zero-order valence-corrected chi connectivity index (χ0v) is 17.4. The van der Waals surface area contributed by atoms with Crippen LogP contribution < -0.4 is 10.6 Å². The lowest BCUT2D eigenvalue weighted by molar-refractivity contribution is -0.133. The van der Waals surface area contributed by atoms with E-state index in [4.69, 9.17) is 0 Å². The van der Waals surface area contributed by atoms with Crippen LogP contribution in [0.3, 0.4) is 0 Å². The van der Waals surface area contributed by atoms with E-state index in [1.165, 1.54) is 11.3 Å². The van der Waals surface area contributed by atoms with Gasteiger partial charge in [0.2, 0.25) is 5.91 Å². The average molecular weight is 430 g/mol. The first kappa shape index (κ1) is 19.2. The zero-order valence-electron chi connectivity index (χ0n) is 16.6. The topological polar surface area (TPSA) is 91.4 Å². The van der Waals surface area contributed by atoms with E-state index in [-0.39, 0.29) is 6.54 Å². The number of nitrogens with zero attached hydrogens (tertiary/aromatic N) is 2. The monoisotopic (exact) mass is 430 g/mol. The molecule has 1 atom stereocenters. The number of hydrogen-bond donors (Lipinski definition) is 2. The third-order valence-electron chi connectivity index (χ3n) is 5.46. The molecule has 0 aliphatic carbocycles. The summed E-state index contributed by atoms with van der Waals surface area (Å²) >= 11 is 1.35. The van der Waals surface area contributed by atoms with Crippen molar-refractivity contribution in [2.75, 3.05) is 11.9 Å². The van der Waals surface area contributed by atoms with E-state index in [0.29, 0.717) is 10.7 Å². The number of benzene rings is 3. The maximum Gasteiger partial charge on any atom is 0.325 e. The third-order valence-corrected chi connectivity index (χ3v) is 6.39. The normalized spacial score (nSPS) is 18.5. The number of urea groups is 1. The Bertz CT molecular complexity index is 1350. The second-order valence-corrected chi connectivity index (χ2v) is 8.54. The standard InChI is InChI=1S/C23H18N4O3S/c1-23(15-8-3-2-4-9-15)20(29)27(22(30)26-23)13-18(28)24-21-25-19-16-10-6-5-7-14(16)11-12-17(19)31-21/h2-12H,13H2,1H3,(H,26,30)(H,24,25,28). The number of nitrogens with one attached hydrogen (secondary N) is 2. The molecule has 154 valence electrons. The van der Waals surface area contributed by atoms with Crippen molar-refractivity contribution in [3.63, 3.8) is 0 Å². The van der Waals surface area contributed by atoms with Gasteiger partial charge in [-0.2, -0.15) is 0 Å². The molecule has 4 amide bonds. The zero-order chi connectivity index (χ0) is 21.6. The second-order valence-electron chi connectivity index (χ2n) is 7.51. The van der Waals surface area contributed by atoms with Crippen LogP contribution in [0.4, 0.5) is 9.93 Å². The molecule has 1 aliphatic heterocycles. The second kappa shape index (κ2) is 7.17. The van der Waals surface area contributed by atoms with Gasteiger partial charge in [-0.15, -0.1) is 0 Å². The van der Waals surface area contributed by atoms with Crippen LogP contribution in [0.5, 0.6) is 0 Å². The number of thiazole rings is 1. The molecule has 0 spiro atoms. The molecular formula is C23H18N4O3S. The number of anilines is 1. The number of hydrogen-bond acceptors (Lipinski definition) is 5. The number of aromatic nitrogens is 1. The molecule has 1 aromatic heterocycles. The van der Waals surface area contributed by atoms with Crippen LogP contribution in [0.25, 0.3) is 21.0 Å². The molecule has 31 heavy (non-hydrogen) atoms. The van der Waals surface area contributed by atoms with E-state index in [9.17, 15) is 14.4 Å². The van der Waals surface area contributed by atoms with Gasteiger partial charge < -0.3 is 10.6 Å².